The van der Waals surface area contributed by atoms with Gasteiger partial charge < -0.3 is 10.8 Å². The smallest absolute Gasteiger partial charge is 0.335 e. The molecule has 10 heteroatoms. The van der Waals surface area contributed by atoms with Crippen molar-refractivity contribution in [3.8, 4) is 0 Å². The highest BCUT2D eigenvalue weighted by atomic mass is 32.2. The average Bonchev–Trinajstić information content (AvgIpc) is 2.47. The Balaban J connectivity index is 2.43. The molecule has 23 heavy (non-hydrogen) atoms. The van der Waals surface area contributed by atoms with Crippen LogP contribution in [0.2, 0.25) is 0 Å². The molecular weight excluding hydrogens is 326 g/mol. The largest absolute Gasteiger partial charge is 0.478 e. The van der Waals surface area contributed by atoms with E-state index < -0.39 is 31.5 Å². The van der Waals surface area contributed by atoms with Crippen molar-refractivity contribution in [2.45, 2.75) is 4.90 Å². The van der Waals surface area contributed by atoms with Gasteiger partial charge in [0.1, 0.15) is 4.90 Å². The van der Waals surface area contributed by atoms with Crippen molar-refractivity contribution in [2.24, 2.45) is 0 Å². The number of nitrogens with two attached hydrogens (primary N) is 1. The third-order valence-electron chi connectivity index (χ3n) is 2.86. The normalized spacial score (nSPS) is 11.0. The molecule has 120 valence electrons. The molecule has 0 aliphatic carbocycles. The lowest BCUT2D eigenvalue weighted by molar-refractivity contribution is -0.385. The van der Waals surface area contributed by atoms with E-state index in [4.69, 9.17) is 10.8 Å². The number of benzene rings is 2. The van der Waals surface area contributed by atoms with Crippen LogP contribution < -0.4 is 10.5 Å². The number of carboxylic acid groups (broad SMARTS) is 1. The first kappa shape index (κ1) is 16.2. The van der Waals surface area contributed by atoms with Gasteiger partial charge in [0.2, 0.25) is 0 Å². The van der Waals surface area contributed by atoms with E-state index in [1.807, 2.05) is 0 Å². The Labute approximate surface area is 130 Å². The number of nitrogen functional groups attached to an aromatic ring is 1. The molecule has 0 saturated carbocycles. The summed E-state index contributed by atoms with van der Waals surface area (Å²) in [6.07, 6.45) is 0. The number of hydrogen-bond acceptors (Lipinski definition) is 6. The Kier molecular flexibility index (Phi) is 4.18. The highest BCUT2D eigenvalue weighted by molar-refractivity contribution is 7.92. The standard InChI is InChI=1S/C13H11N3O6S/c14-11-5-4-10(16(19)20)7-12(11)23(21,22)15-9-3-1-2-8(6-9)13(17)18/h1-7,15H,14H2,(H,17,18). The summed E-state index contributed by atoms with van der Waals surface area (Å²) in [6, 6.07) is 8.14. The van der Waals surface area contributed by atoms with Crippen LogP contribution in [0, 0.1) is 10.1 Å². The fourth-order valence-corrected chi connectivity index (χ4v) is 3.00. The lowest BCUT2D eigenvalue weighted by Gasteiger charge is -2.10. The zero-order valence-electron chi connectivity index (χ0n) is 11.5. The maximum absolute atomic E-state index is 12.3. The molecule has 0 atom stereocenters. The number of nitrogens with one attached hydrogen (secondary N) is 1. The predicted octanol–water partition coefficient (Wildman–Crippen LogP) is 1.68. The Morgan fingerprint density at radius 1 is 1.22 bits per heavy atom. The molecule has 0 spiro atoms. The minimum absolute atomic E-state index is 0.00388. The zero-order valence-corrected chi connectivity index (χ0v) is 12.3. The van der Waals surface area contributed by atoms with E-state index >= 15 is 0 Å². The van der Waals surface area contributed by atoms with Gasteiger partial charge in [-0.1, -0.05) is 6.07 Å². The lowest BCUT2D eigenvalue weighted by atomic mass is 10.2. The minimum Gasteiger partial charge on any atom is -0.478 e. The first-order valence-corrected chi connectivity index (χ1v) is 7.59. The highest BCUT2D eigenvalue weighted by Gasteiger charge is 2.21. The van der Waals surface area contributed by atoms with Crippen LogP contribution in [0.3, 0.4) is 0 Å². The number of carboxylic acids is 1. The van der Waals surface area contributed by atoms with E-state index in [1.54, 1.807) is 0 Å². The van der Waals surface area contributed by atoms with Gasteiger partial charge in [-0.25, -0.2) is 13.2 Å². The van der Waals surface area contributed by atoms with Crippen molar-refractivity contribution >= 4 is 33.1 Å². The second-order valence-corrected chi connectivity index (χ2v) is 6.12. The molecule has 0 aliphatic rings. The molecule has 0 unspecified atom stereocenters. The molecule has 2 rings (SSSR count). The topological polar surface area (TPSA) is 153 Å². The lowest BCUT2D eigenvalue weighted by Crippen LogP contribution is -2.15. The number of nitro groups is 1. The fraction of sp³-hybridized carbons (Fsp3) is 0. The molecular formula is C13H11N3O6S. The van der Waals surface area contributed by atoms with E-state index in [2.05, 4.69) is 4.72 Å². The SMILES string of the molecule is Nc1ccc([N+](=O)[O-])cc1S(=O)(=O)Nc1cccc(C(=O)O)c1. The summed E-state index contributed by atoms with van der Waals surface area (Å²) >= 11 is 0. The molecule has 9 nitrogen and oxygen atoms in total. The number of aromatic carboxylic acids is 1. The molecule has 0 bridgehead atoms. The summed E-state index contributed by atoms with van der Waals surface area (Å²) in [6.45, 7) is 0. The zero-order chi connectivity index (χ0) is 17.2. The number of non-ortho nitro benzene ring substituents is 1. The second kappa shape index (κ2) is 5.93. The second-order valence-electron chi connectivity index (χ2n) is 4.47. The van der Waals surface area contributed by atoms with E-state index in [0.29, 0.717) is 0 Å². The summed E-state index contributed by atoms with van der Waals surface area (Å²) in [7, 11) is -4.21. The van der Waals surface area contributed by atoms with Crippen LogP contribution in [0.15, 0.2) is 47.4 Å². The Hall–Kier alpha value is -3.14. The molecule has 0 aromatic heterocycles. The molecule has 0 radical (unpaired) electrons. The average molecular weight is 337 g/mol. The van der Waals surface area contributed by atoms with Crippen LogP contribution in [-0.2, 0) is 10.0 Å². The van der Waals surface area contributed by atoms with Crippen molar-refractivity contribution in [2.75, 3.05) is 10.5 Å². The number of rotatable bonds is 5. The maximum atomic E-state index is 12.3. The van der Waals surface area contributed by atoms with Crippen molar-refractivity contribution in [1.82, 2.24) is 0 Å². The van der Waals surface area contributed by atoms with Crippen molar-refractivity contribution < 1.29 is 23.2 Å². The third-order valence-corrected chi connectivity index (χ3v) is 4.30. The van der Waals surface area contributed by atoms with E-state index in [0.717, 1.165) is 24.3 Å². The van der Waals surface area contributed by atoms with Gasteiger partial charge in [0.25, 0.3) is 15.7 Å². The Morgan fingerprint density at radius 3 is 2.52 bits per heavy atom. The van der Waals surface area contributed by atoms with Gasteiger partial charge in [-0.3, -0.25) is 14.8 Å². The number of carbonyl (C=O) groups is 1. The number of nitro benzene ring substituents is 1. The molecule has 0 heterocycles. The summed E-state index contributed by atoms with van der Waals surface area (Å²) in [4.78, 5) is 20.4. The van der Waals surface area contributed by atoms with Crippen molar-refractivity contribution in [3.63, 3.8) is 0 Å². The molecule has 0 saturated heterocycles. The van der Waals surface area contributed by atoms with Crippen LogP contribution >= 0.6 is 0 Å². The Bertz CT molecular complexity index is 894. The summed E-state index contributed by atoms with van der Waals surface area (Å²) in [5.74, 6) is -1.22. The quantitative estimate of drug-likeness (QED) is 0.426. The summed E-state index contributed by atoms with van der Waals surface area (Å²) in [5, 5.41) is 19.6. The Morgan fingerprint density at radius 2 is 1.91 bits per heavy atom. The first-order chi connectivity index (χ1) is 10.7. The van der Waals surface area contributed by atoms with E-state index in [-0.39, 0.29) is 16.9 Å². The van der Waals surface area contributed by atoms with Crippen LogP contribution in [0.25, 0.3) is 0 Å². The van der Waals surface area contributed by atoms with Crippen molar-refractivity contribution in [1.29, 1.82) is 0 Å². The van der Waals surface area contributed by atoms with Crippen molar-refractivity contribution in [3.05, 3.63) is 58.1 Å². The molecule has 2 aromatic carbocycles. The number of nitrogens with zero attached hydrogens (tertiary/aromatic N) is 1. The van der Waals surface area contributed by atoms with Crippen LogP contribution in [0.1, 0.15) is 10.4 Å². The van der Waals surface area contributed by atoms with Gasteiger partial charge in [0.05, 0.1) is 16.2 Å². The molecule has 0 amide bonds. The van der Waals surface area contributed by atoms with Crippen LogP contribution in [0.5, 0.6) is 0 Å². The van der Waals surface area contributed by atoms with Gasteiger partial charge >= 0.3 is 5.97 Å². The first-order valence-electron chi connectivity index (χ1n) is 6.11. The van der Waals surface area contributed by atoms with Gasteiger partial charge in [0.15, 0.2) is 0 Å². The van der Waals surface area contributed by atoms with Crippen LogP contribution in [-0.4, -0.2) is 24.4 Å². The number of sulfonamides is 1. The number of hydrogen-bond donors (Lipinski definition) is 3. The highest BCUT2D eigenvalue weighted by Crippen LogP contribution is 2.26. The monoisotopic (exact) mass is 337 g/mol. The van der Waals surface area contributed by atoms with Gasteiger partial charge in [-0.15, -0.1) is 0 Å². The van der Waals surface area contributed by atoms with Gasteiger partial charge in [0, 0.05) is 17.8 Å². The van der Waals surface area contributed by atoms with E-state index in [9.17, 15) is 23.3 Å². The predicted molar refractivity (Wildman–Crippen MR) is 81.7 cm³/mol. The molecule has 2 aromatic rings. The van der Waals surface area contributed by atoms with Gasteiger partial charge in [-0.2, -0.15) is 0 Å². The maximum Gasteiger partial charge on any atom is 0.335 e. The third kappa shape index (κ3) is 3.55. The van der Waals surface area contributed by atoms with Gasteiger partial charge in [-0.05, 0) is 24.3 Å². The fourth-order valence-electron chi connectivity index (χ4n) is 1.80. The molecule has 4 N–H and O–H groups in total. The van der Waals surface area contributed by atoms with Crippen LogP contribution in [0.4, 0.5) is 17.1 Å². The summed E-state index contributed by atoms with van der Waals surface area (Å²) in [5.41, 5.74) is 4.85. The summed E-state index contributed by atoms with van der Waals surface area (Å²) < 4.78 is 26.8. The minimum atomic E-state index is -4.21. The van der Waals surface area contributed by atoms with E-state index in [1.165, 1.54) is 18.2 Å². The molecule has 0 aliphatic heterocycles. The number of anilines is 2. The molecule has 0 fully saturated rings.